The molecule has 0 saturated heterocycles. The standard InChI is InChI=1S/C30H27N3O7/c1-37-25-15-21(16-26(38-2)28(25)39-3)29(35)31-18-27(34)33-32-17-19-11-13-22(14-12-19)40-30(36)24-10-6-8-20-7-4-5-9-23(20)24/h4-17H,18H2,1-3H3,(H,31,35)(H,33,34)/b32-17+. The van der Waals surface area contributed by atoms with E-state index >= 15 is 0 Å². The molecule has 40 heavy (non-hydrogen) atoms. The molecule has 0 bridgehead atoms. The van der Waals surface area contributed by atoms with Gasteiger partial charge in [-0.15, -0.1) is 0 Å². The molecular weight excluding hydrogens is 514 g/mol. The Balaban J connectivity index is 1.29. The van der Waals surface area contributed by atoms with Crippen LogP contribution in [0.5, 0.6) is 23.0 Å². The summed E-state index contributed by atoms with van der Waals surface area (Å²) in [6, 6.07) is 22.7. The van der Waals surface area contributed by atoms with Crippen molar-refractivity contribution >= 4 is 34.8 Å². The smallest absolute Gasteiger partial charge is 0.344 e. The van der Waals surface area contributed by atoms with Gasteiger partial charge in [0.25, 0.3) is 11.8 Å². The maximum absolute atomic E-state index is 12.7. The number of fused-ring (bicyclic) bond motifs is 1. The van der Waals surface area contributed by atoms with Crippen LogP contribution in [0.4, 0.5) is 0 Å². The quantitative estimate of drug-likeness (QED) is 0.135. The molecule has 4 aromatic carbocycles. The Bertz CT molecular complexity index is 1540. The van der Waals surface area contributed by atoms with E-state index in [-0.39, 0.29) is 12.1 Å². The molecule has 2 N–H and O–H groups in total. The number of rotatable bonds is 10. The van der Waals surface area contributed by atoms with Gasteiger partial charge >= 0.3 is 5.97 Å². The van der Waals surface area contributed by atoms with Crippen LogP contribution in [0.2, 0.25) is 0 Å². The third kappa shape index (κ3) is 6.54. The zero-order valence-corrected chi connectivity index (χ0v) is 22.1. The number of hydrazone groups is 1. The fourth-order valence-corrected chi connectivity index (χ4v) is 3.88. The van der Waals surface area contributed by atoms with Crippen LogP contribution in [0, 0.1) is 0 Å². The van der Waals surface area contributed by atoms with Gasteiger partial charge in [0.05, 0.1) is 39.7 Å². The number of hydrogen-bond acceptors (Lipinski definition) is 8. The largest absolute Gasteiger partial charge is 0.493 e. The molecule has 2 amide bonds. The molecule has 4 rings (SSSR count). The average Bonchev–Trinajstić information content (AvgIpc) is 2.99. The van der Waals surface area contributed by atoms with E-state index in [1.807, 2.05) is 36.4 Å². The van der Waals surface area contributed by atoms with Crippen molar-refractivity contribution in [2.24, 2.45) is 5.10 Å². The highest BCUT2D eigenvalue weighted by Gasteiger charge is 2.17. The predicted molar refractivity (Wildman–Crippen MR) is 150 cm³/mol. The Morgan fingerprint density at radius 1 is 0.825 bits per heavy atom. The molecule has 0 aliphatic rings. The van der Waals surface area contributed by atoms with E-state index in [0.717, 1.165) is 10.8 Å². The van der Waals surface area contributed by atoms with E-state index in [4.69, 9.17) is 18.9 Å². The second kappa shape index (κ2) is 12.9. The van der Waals surface area contributed by atoms with Crippen molar-refractivity contribution in [1.82, 2.24) is 10.7 Å². The van der Waals surface area contributed by atoms with Gasteiger partial charge in [-0.05, 0) is 58.8 Å². The lowest BCUT2D eigenvalue weighted by Crippen LogP contribution is -2.34. The van der Waals surface area contributed by atoms with Gasteiger partial charge in [0.15, 0.2) is 11.5 Å². The fourth-order valence-electron chi connectivity index (χ4n) is 3.88. The van der Waals surface area contributed by atoms with Crippen LogP contribution in [-0.4, -0.2) is 51.9 Å². The number of methoxy groups -OCH3 is 3. The highest BCUT2D eigenvalue weighted by atomic mass is 16.5. The number of amides is 2. The number of esters is 1. The maximum atomic E-state index is 12.7. The monoisotopic (exact) mass is 541 g/mol. The summed E-state index contributed by atoms with van der Waals surface area (Å²) in [6.07, 6.45) is 1.43. The lowest BCUT2D eigenvalue weighted by Gasteiger charge is -2.14. The van der Waals surface area contributed by atoms with Gasteiger partial charge in [-0.2, -0.15) is 5.10 Å². The summed E-state index contributed by atoms with van der Waals surface area (Å²) in [6.45, 7) is -0.310. The zero-order valence-electron chi connectivity index (χ0n) is 22.1. The number of nitrogens with zero attached hydrogens (tertiary/aromatic N) is 1. The first-order valence-electron chi connectivity index (χ1n) is 12.1. The lowest BCUT2D eigenvalue weighted by molar-refractivity contribution is -0.120. The van der Waals surface area contributed by atoms with E-state index < -0.39 is 17.8 Å². The van der Waals surface area contributed by atoms with E-state index in [1.165, 1.54) is 39.7 Å². The molecule has 0 fully saturated rings. The molecule has 10 heteroatoms. The molecule has 0 heterocycles. The Morgan fingerprint density at radius 2 is 1.50 bits per heavy atom. The molecule has 0 aliphatic heterocycles. The van der Waals surface area contributed by atoms with Gasteiger partial charge in [-0.1, -0.05) is 36.4 Å². The van der Waals surface area contributed by atoms with Crippen molar-refractivity contribution < 1.29 is 33.3 Å². The Morgan fingerprint density at radius 3 is 2.17 bits per heavy atom. The molecule has 0 aliphatic carbocycles. The van der Waals surface area contributed by atoms with Crippen LogP contribution >= 0.6 is 0 Å². The molecule has 0 aromatic heterocycles. The molecule has 4 aromatic rings. The summed E-state index contributed by atoms with van der Waals surface area (Å²) < 4.78 is 21.3. The van der Waals surface area contributed by atoms with Crippen LogP contribution < -0.4 is 29.7 Å². The highest BCUT2D eigenvalue weighted by Crippen LogP contribution is 2.38. The SMILES string of the molecule is COc1cc(C(=O)NCC(=O)N/N=C/c2ccc(OC(=O)c3cccc4ccccc34)cc2)cc(OC)c1OC. The topological polar surface area (TPSA) is 125 Å². The van der Waals surface area contributed by atoms with Gasteiger partial charge in [0, 0.05) is 5.56 Å². The Labute approximate surface area is 230 Å². The van der Waals surface area contributed by atoms with Crippen LogP contribution in [0.15, 0.2) is 84.0 Å². The third-order valence-electron chi connectivity index (χ3n) is 5.84. The number of carbonyl (C=O) groups excluding carboxylic acids is 3. The van der Waals surface area contributed by atoms with Crippen LogP contribution in [0.1, 0.15) is 26.3 Å². The highest BCUT2D eigenvalue weighted by molar-refractivity contribution is 6.05. The van der Waals surface area contributed by atoms with Crippen molar-refractivity contribution in [2.75, 3.05) is 27.9 Å². The van der Waals surface area contributed by atoms with Gasteiger partial charge in [-0.3, -0.25) is 9.59 Å². The molecule has 0 atom stereocenters. The minimum absolute atomic E-state index is 0.229. The van der Waals surface area contributed by atoms with Crippen LogP contribution in [-0.2, 0) is 4.79 Å². The second-order valence-electron chi connectivity index (χ2n) is 8.38. The molecule has 0 radical (unpaired) electrons. The molecular formula is C30H27N3O7. The summed E-state index contributed by atoms with van der Waals surface area (Å²) in [4.78, 5) is 37.4. The first-order chi connectivity index (χ1) is 19.4. The number of hydrogen-bond donors (Lipinski definition) is 2. The van der Waals surface area contributed by atoms with Crippen LogP contribution in [0.3, 0.4) is 0 Å². The minimum Gasteiger partial charge on any atom is -0.493 e. The normalized spacial score (nSPS) is 10.7. The third-order valence-corrected chi connectivity index (χ3v) is 5.84. The second-order valence-corrected chi connectivity index (χ2v) is 8.38. The number of carbonyl (C=O) groups is 3. The summed E-state index contributed by atoms with van der Waals surface area (Å²) in [5, 5.41) is 8.18. The predicted octanol–water partition coefficient (Wildman–Crippen LogP) is 3.96. The average molecular weight is 542 g/mol. The molecule has 0 spiro atoms. The van der Waals surface area contributed by atoms with Crippen molar-refractivity contribution in [3.05, 3.63) is 95.6 Å². The first-order valence-corrected chi connectivity index (χ1v) is 12.1. The van der Waals surface area contributed by atoms with Gasteiger partial charge < -0.3 is 24.3 Å². The molecule has 10 nitrogen and oxygen atoms in total. The fraction of sp³-hybridized carbons (Fsp3) is 0.133. The van der Waals surface area contributed by atoms with E-state index in [0.29, 0.717) is 34.1 Å². The van der Waals surface area contributed by atoms with Gasteiger partial charge in [0.1, 0.15) is 5.75 Å². The number of nitrogens with one attached hydrogen (secondary N) is 2. The molecule has 0 unspecified atom stereocenters. The van der Waals surface area contributed by atoms with Crippen molar-refractivity contribution in [3.8, 4) is 23.0 Å². The summed E-state index contributed by atoms with van der Waals surface area (Å²) in [5.74, 6) is -0.146. The van der Waals surface area contributed by atoms with E-state index in [9.17, 15) is 14.4 Å². The lowest BCUT2D eigenvalue weighted by atomic mass is 10.0. The van der Waals surface area contributed by atoms with Crippen molar-refractivity contribution in [3.63, 3.8) is 0 Å². The summed E-state index contributed by atoms with van der Waals surface area (Å²) in [7, 11) is 4.34. The molecule has 0 saturated carbocycles. The zero-order chi connectivity index (χ0) is 28.5. The van der Waals surface area contributed by atoms with E-state index in [1.54, 1.807) is 30.3 Å². The van der Waals surface area contributed by atoms with Crippen molar-refractivity contribution in [1.29, 1.82) is 0 Å². The number of benzene rings is 4. The Hall–Kier alpha value is -5.38. The minimum atomic E-state index is -0.530. The van der Waals surface area contributed by atoms with Crippen LogP contribution in [0.25, 0.3) is 10.8 Å². The molecule has 204 valence electrons. The maximum Gasteiger partial charge on any atom is 0.344 e. The van der Waals surface area contributed by atoms with Gasteiger partial charge in [-0.25, -0.2) is 10.2 Å². The van der Waals surface area contributed by atoms with Gasteiger partial charge in [0.2, 0.25) is 5.75 Å². The summed E-state index contributed by atoms with van der Waals surface area (Å²) in [5.41, 5.74) is 3.71. The van der Waals surface area contributed by atoms with E-state index in [2.05, 4.69) is 15.8 Å². The first kappa shape index (κ1) is 27.6. The Kier molecular flexibility index (Phi) is 8.93. The number of ether oxygens (including phenoxy) is 4. The van der Waals surface area contributed by atoms with Crippen molar-refractivity contribution in [2.45, 2.75) is 0 Å². The summed E-state index contributed by atoms with van der Waals surface area (Å²) >= 11 is 0.